The van der Waals surface area contributed by atoms with Gasteiger partial charge in [0.2, 0.25) is 0 Å². The zero-order valence-corrected chi connectivity index (χ0v) is 10.4. The summed E-state index contributed by atoms with van der Waals surface area (Å²) in [5.41, 5.74) is 7.45. The number of halogens is 1. The van der Waals surface area contributed by atoms with Crippen LogP contribution in [0.15, 0.2) is 24.4 Å². The molecule has 1 aromatic carbocycles. The standard InChI is InChI=1S/C14H19FN2/c1-10(2)17-9-11(5-4-8-16)12-6-3-7-13(15)14(12)17/h3,6-7,9-10H,4-5,8,16H2,1-2H3. The van der Waals surface area contributed by atoms with Crippen molar-refractivity contribution in [3.05, 3.63) is 35.8 Å². The van der Waals surface area contributed by atoms with Crippen LogP contribution in [-0.4, -0.2) is 11.1 Å². The maximum absolute atomic E-state index is 13.9. The minimum Gasteiger partial charge on any atom is -0.342 e. The van der Waals surface area contributed by atoms with Gasteiger partial charge in [-0.25, -0.2) is 4.39 Å². The summed E-state index contributed by atoms with van der Waals surface area (Å²) in [7, 11) is 0. The Labute approximate surface area is 101 Å². The minimum absolute atomic E-state index is 0.143. The molecule has 0 fully saturated rings. The van der Waals surface area contributed by atoms with Crippen LogP contribution >= 0.6 is 0 Å². The lowest BCUT2D eigenvalue weighted by atomic mass is 10.1. The Morgan fingerprint density at radius 1 is 1.35 bits per heavy atom. The number of hydrogen-bond acceptors (Lipinski definition) is 1. The van der Waals surface area contributed by atoms with Crippen molar-refractivity contribution in [1.29, 1.82) is 0 Å². The van der Waals surface area contributed by atoms with Gasteiger partial charge in [0.05, 0.1) is 5.52 Å². The largest absolute Gasteiger partial charge is 0.342 e. The number of fused-ring (bicyclic) bond motifs is 1. The van der Waals surface area contributed by atoms with Crippen LogP contribution in [0.5, 0.6) is 0 Å². The second-order valence-corrected chi connectivity index (χ2v) is 4.68. The van der Waals surface area contributed by atoms with E-state index in [9.17, 15) is 4.39 Å². The number of hydrogen-bond donors (Lipinski definition) is 1. The highest BCUT2D eigenvalue weighted by atomic mass is 19.1. The van der Waals surface area contributed by atoms with Crippen molar-refractivity contribution < 1.29 is 4.39 Å². The molecule has 3 heteroatoms. The van der Waals surface area contributed by atoms with E-state index in [2.05, 4.69) is 20.0 Å². The van der Waals surface area contributed by atoms with E-state index in [4.69, 9.17) is 5.73 Å². The highest BCUT2D eigenvalue weighted by Gasteiger charge is 2.13. The first-order valence-electron chi connectivity index (χ1n) is 6.13. The van der Waals surface area contributed by atoms with E-state index in [1.807, 2.05) is 10.6 Å². The van der Waals surface area contributed by atoms with E-state index in [0.29, 0.717) is 6.54 Å². The normalized spacial score (nSPS) is 11.6. The van der Waals surface area contributed by atoms with Gasteiger partial charge in [0, 0.05) is 17.6 Å². The van der Waals surface area contributed by atoms with Crippen LogP contribution < -0.4 is 5.73 Å². The molecule has 2 N–H and O–H groups in total. The van der Waals surface area contributed by atoms with Crippen molar-refractivity contribution in [2.75, 3.05) is 6.54 Å². The van der Waals surface area contributed by atoms with E-state index in [0.717, 1.165) is 23.7 Å². The molecule has 0 unspecified atom stereocenters. The highest BCUT2D eigenvalue weighted by molar-refractivity contribution is 5.84. The molecular formula is C14H19FN2. The average molecular weight is 234 g/mol. The molecule has 0 saturated heterocycles. The predicted molar refractivity (Wildman–Crippen MR) is 69.7 cm³/mol. The molecule has 2 rings (SSSR count). The maximum Gasteiger partial charge on any atom is 0.147 e. The fourth-order valence-corrected chi connectivity index (χ4v) is 2.24. The van der Waals surface area contributed by atoms with Crippen LogP contribution in [0.2, 0.25) is 0 Å². The number of nitrogens with zero attached hydrogens (tertiary/aromatic N) is 1. The fourth-order valence-electron chi connectivity index (χ4n) is 2.24. The minimum atomic E-state index is -0.143. The van der Waals surface area contributed by atoms with E-state index in [1.54, 1.807) is 6.07 Å². The van der Waals surface area contributed by atoms with Gasteiger partial charge in [-0.3, -0.25) is 0 Å². The first kappa shape index (κ1) is 12.1. The van der Waals surface area contributed by atoms with Crippen LogP contribution in [0.4, 0.5) is 4.39 Å². The molecule has 17 heavy (non-hydrogen) atoms. The van der Waals surface area contributed by atoms with E-state index in [1.165, 1.54) is 11.6 Å². The van der Waals surface area contributed by atoms with Crippen LogP contribution in [0.1, 0.15) is 31.9 Å². The summed E-state index contributed by atoms with van der Waals surface area (Å²) < 4.78 is 15.9. The quantitative estimate of drug-likeness (QED) is 0.865. The van der Waals surface area contributed by atoms with E-state index < -0.39 is 0 Å². The second kappa shape index (κ2) is 4.88. The lowest BCUT2D eigenvalue weighted by Crippen LogP contribution is -2.00. The fraction of sp³-hybridized carbons (Fsp3) is 0.429. The summed E-state index contributed by atoms with van der Waals surface area (Å²) in [4.78, 5) is 0. The first-order valence-corrected chi connectivity index (χ1v) is 6.13. The third-order valence-electron chi connectivity index (χ3n) is 3.09. The molecule has 92 valence electrons. The van der Waals surface area contributed by atoms with Gasteiger partial charge in [-0.1, -0.05) is 12.1 Å². The smallest absolute Gasteiger partial charge is 0.147 e. The molecule has 0 atom stereocenters. The Morgan fingerprint density at radius 2 is 2.12 bits per heavy atom. The Balaban J connectivity index is 2.58. The zero-order chi connectivity index (χ0) is 12.4. The van der Waals surface area contributed by atoms with Crippen LogP contribution in [0, 0.1) is 5.82 Å². The Hall–Kier alpha value is -1.35. The summed E-state index contributed by atoms with van der Waals surface area (Å²) in [5, 5.41) is 1.02. The van der Waals surface area contributed by atoms with Gasteiger partial charge in [0.15, 0.2) is 0 Å². The molecule has 0 saturated carbocycles. The topological polar surface area (TPSA) is 30.9 Å². The SMILES string of the molecule is CC(C)n1cc(CCCN)c2cccc(F)c21. The van der Waals surface area contributed by atoms with Crippen molar-refractivity contribution in [2.24, 2.45) is 5.73 Å². The molecule has 2 aromatic rings. The highest BCUT2D eigenvalue weighted by Crippen LogP contribution is 2.27. The van der Waals surface area contributed by atoms with Crippen LogP contribution in [-0.2, 0) is 6.42 Å². The van der Waals surface area contributed by atoms with Crippen molar-refractivity contribution in [3.8, 4) is 0 Å². The number of benzene rings is 1. The predicted octanol–water partition coefficient (Wildman–Crippen LogP) is 3.25. The van der Waals surface area contributed by atoms with Gasteiger partial charge < -0.3 is 10.3 Å². The number of nitrogens with two attached hydrogens (primary N) is 1. The molecule has 2 nitrogen and oxygen atoms in total. The first-order chi connectivity index (χ1) is 8.15. The van der Waals surface area contributed by atoms with Gasteiger partial charge in [-0.2, -0.15) is 0 Å². The third-order valence-corrected chi connectivity index (χ3v) is 3.09. The lowest BCUT2D eigenvalue weighted by molar-refractivity contribution is 0.587. The molecule has 0 radical (unpaired) electrons. The molecule has 0 aliphatic heterocycles. The average Bonchev–Trinajstić information content (AvgIpc) is 2.67. The number of rotatable bonds is 4. The van der Waals surface area contributed by atoms with Gasteiger partial charge in [-0.05, 0) is 44.9 Å². The maximum atomic E-state index is 13.9. The van der Waals surface area contributed by atoms with E-state index in [-0.39, 0.29) is 11.9 Å². The second-order valence-electron chi connectivity index (χ2n) is 4.68. The lowest BCUT2D eigenvalue weighted by Gasteiger charge is -2.09. The van der Waals surface area contributed by atoms with E-state index >= 15 is 0 Å². The third kappa shape index (κ3) is 2.20. The molecule has 0 aliphatic rings. The molecule has 1 heterocycles. The zero-order valence-electron chi connectivity index (χ0n) is 10.4. The van der Waals surface area contributed by atoms with Crippen molar-refractivity contribution >= 4 is 10.9 Å². The Bertz CT molecular complexity index is 514. The van der Waals surface area contributed by atoms with Crippen molar-refractivity contribution in [2.45, 2.75) is 32.7 Å². The molecular weight excluding hydrogens is 215 g/mol. The van der Waals surface area contributed by atoms with Gasteiger partial charge in [0.25, 0.3) is 0 Å². The molecule has 0 aliphatic carbocycles. The summed E-state index contributed by atoms with van der Waals surface area (Å²) in [6.07, 6.45) is 3.91. The number of aryl methyl sites for hydroxylation is 1. The monoisotopic (exact) mass is 234 g/mol. The Kier molecular flexibility index (Phi) is 3.48. The summed E-state index contributed by atoms with van der Waals surface area (Å²) in [5.74, 6) is -0.143. The van der Waals surface area contributed by atoms with Crippen molar-refractivity contribution in [1.82, 2.24) is 4.57 Å². The summed E-state index contributed by atoms with van der Waals surface area (Å²) in [6, 6.07) is 5.55. The molecule has 0 spiro atoms. The van der Waals surface area contributed by atoms with Gasteiger partial charge in [0.1, 0.15) is 5.82 Å². The van der Waals surface area contributed by atoms with Crippen molar-refractivity contribution in [3.63, 3.8) is 0 Å². The molecule has 0 amide bonds. The molecule has 1 aromatic heterocycles. The van der Waals surface area contributed by atoms with Crippen LogP contribution in [0.3, 0.4) is 0 Å². The molecule has 0 bridgehead atoms. The van der Waals surface area contributed by atoms with Gasteiger partial charge >= 0.3 is 0 Å². The summed E-state index contributed by atoms with van der Waals surface area (Å²) in [6.45, 7) is 4.81. The van der Waals surface area contributed by atoms with Gasteiger partial charge in [-0.15, -0.1) is 0 Å². The van der Waals surface area contributed by atoms with Crippen LogP contribution in [0.25, 0.3) is 10.9 Å². The number of aromatic nitrogens is 1. The number of para-hydroxylation sites is 1. The Morgan fingerprint density at radius 3 is 2.76 bits per heavy atom. The summed E-state index contributed by atoms with van der Waals surface area (Å²) >= 11 is 0.